The SMILES string of the molecule is CN1C(=N)N[C@](C)(c2ccc3c(cnn3CC3CC3)c2)CC1=O. The molecule has 120 valence electrons. The second-order valence-corrected chi connectivity index (χ2v) is 6.98. The number of amides is 1. The topological polar surface area (TPSA) is 74.0 Å². The highest BCUT2D eigenvalue weighted by Gasteiger charge is 2.38. The Balaban J connectivity index is 1.68. The predicted octanol–water partition coefficient (Wildman–Crippen LogP) is 2.05. The van der Waals surface area contributed by atoms with Crippen molar-refractivity contribution in [1.82, 2.24) is 20.0 Å². The minimum absolute atomic E-state index is 0.0409. The third-order valence-corrected chi connectivity index (χ3v) is 5.02. The normalized spacial score (nSPS) is 25.0. The summed E-state index contributed by atoms with van der Waals surface area (Å²) < 4.78 is 2.08. The summed E-state index contributed by atoms with van der Waals surface area (Å²) in [6.45, 7) is 2.97. The van der Waals surface area contributed by atoms with Crippen LogP contribution >= 0.6 is 0 Å². The van der Waals surface area contributed by atoms with E-state index < -0.39 is 5.54 Å². The van der Waals surface area contributed by atoms with E-state index in [0.717, 1.165) is 28.9 Å². The molecule has 0 unspecified atom stereocenters. The molecule has 2 fully saturated rings. The number of fused-ring (bicyclic) bond motifs is 1. The zero-order valence-corrected chi connectivity index (χ0v) is 13.5. The van der Waals surface area contributed by atoms with E-state index in [1.807, 2.05) is 19.2 Å². The van der Waals surface area contributed by atoms with E-state index in [1.165, 1.54) is 17.7 Å². The molecule has 1 atom stereocenters. The molecule has 1 saturated carbocycles. The lowest BCUT2D eigenvalue weighted by Crippen LogP contribution is -2.58. The summed E-state index contributed by atoms with van der Waals surface area (Å²) in [4.78, 5) is 13.5. The lowest BCUT2D eigenvalue weighted by Gasteiger charge is -2.39. The summed E-state index contributed by atoms with van der Waals surface area (Å²) in [6.07, 6.45) is 4.85. The Morgan fingerprint density at radius 1 is 1.43 bits per heavy atom. The van der Waals surface area contributed by atoms with Gasteiger partial charge in [0.2, 0.25) is 5.91 Å². The van der Waals surface area contributed by atoms with Gasteiger partial charge < -0.3 is 5.32 Å². The molecule has 1 aromatic heterocycles. The van der Waals surface area contributed by atoms with Crippen LogP contribution in [-0.4, -0.2) is 33.6 Å². The molecular weight excluding hydrogens is 290 g/mol. The predicted molar refractivity (Wildman–Crippen MR) is 88.1 cm³/mol. The third kappa shape index (κ3) is 2.38. The fourth-order valence-electron chi connectivity index (χ4n) is 3.23. The zero-order valence-electron chi connectivity index (χ0n) is 13.5. The van der Waals surface area contributed by atoms with Crippen LogP contribution in [0.25, 0.3) is 10.9 Å². The molecule has 1 amide bonds. The van der Waals surface area contributed by atoms with Crippen molar-refractivity contribution in [2.75, 3.05) is 7.05 Å². The Bertz CT molecular complexity index is 786. The number of benzene rings is 1. The van der Waals surface area contributed by atoms with E-state index in [1.54, 1.807) is 7.05 Å². The average Bonchev–Trinajstić information content (AvgIpc) is 3.24. The van der Waals surface area contributed by atoms with Crippen molar-refractivity contribution >= 4 is 22.8 Å². The molecule has 0 spiro atoms. The van der Waals surface area contributed by atoms with Gasteiger partial charge in [0.1, 0.15) is 0 Å². The Hall–Kier alpha value is -2.37. The lowest BCUT2D eigenvalue weighted by atomic mass is 9.86. The van der Waals surface area contributed by atoms with Crippen molar-refractivity contribution in [3.63, 3.8) is 0 Å². The van der Waals surface area contributed by atoms with Crippen molar-refractivity contribution in [3.8, 4) is 0 Å². The first-order chi connectivity index (χ1) is 11.0. The van der Waals surface area contributed by atoms with Crippen LogP contribution in [0.4, 0.5) is 0 Å². The van der Waals surface area contributed by atoms with Crippen LogP contribution in [0, 0.1) is 11.3 Å². The minimum Gasteiger partial charge on any atom is -0.346 e. The van der Waals surface area contributed by atoms with Crippen LogP contribution < -0.4 is 5.32 Å². The second kappa shape index (κ2) is 4.81. The maximum Gasteiger partial charge on any atom is 0.231 e. The molecule has 2 aromatic rings. The van der Waals surface area contributed by atoms with Gasteiger partial charge in [-0.25, -0.2) is 0 Å². The standard InChI is InChI=1S/C17H21N5O/c1-17(8-15(23)21(2)16(18)20-17)13-5-6-14-12(7-13)9-19-22(14)10-11-3-4-11/h5-7,9,11H,3-4,8,10H2,1-2H3,(H2,18,20)/t17-/m0/s1. The number of aromatic nitrogens is 2. The molecule has 1 saturated heterocycles. The minimum atomic E-state index is -0.548. The molecule has 2 aliphatic rings. The van der Waals surface area contributed by atoms with Gasteiger partial charge >= 0.3 is 0 Å². The summed E-state index contributed by atoms with van der Waals surface area (Å²) in [5.74, 6) is 0.887. The summed E-state index contributed by atoms with van der Waals surface area (Å²) in [6, 6.07) is 6.22. The quantitative estimate of drug-likeness (QED) is 0.911. The van der Waals surface area contributed by atoms with Gasteiger partial charge in [-0.1, -0.05) is 6.07 Å². The molecule has 0 bridgehead atoms. The lowest BCUT2D eigenvalue weighted by molar-refractivity contribution is -0.129. The van der Waals surface area contributed by atoms with Gasteiger partial charge in [-0.2, -0.15) is 5.10 Å². The zero-order chi connectivity index (χ0) is 16.2. The van der Waals surface area contributed by atoms with Crippen molar-refractivity contribution in [2.24, 2.45) is 5.92 Å². The largest absolute Gasteiger partial charge is 0.346 e. The van der Waals surface area contributed by atoms with Gasteiger partial charge in [0, 0.05) is 19.0 Å². The smallest absolute Gasteiger partial charge is 0.231 e. The highest BCUT2D eigenvalue weighted by atomic mass is 16.2. The highest BCUT2D eigenvalue weighted by molar-refractivity contribution is 5.99. The first-order valence-electron chi connectivity index (χ1n) is 8.06. The highest BCUT2D eigenvalue weighted by Crippen LogP contribution is 2.33. The Morgan fingerprint density at radius 2 is 2.22 bits per heavy atom. The van der Waals surface area contributed by atoms with Gasteiger partial charge in [-0.15, -0.1) is 0 Å². The Morgan fingerprint density at radius 3 is 2.91 bits per heavy atom. The molecule has 6 heteroatoms. The molecule has 23 heavy (non-hydrogen) atoms. The van der Waals surface area contributed by atoms with E-state index in [0.29, 0.717) is 6.42 Å². The van der Waals surface area contributed by atoms with Crippen molar-refractivity contribution in [3.05, 3.63) is 30.0 Å². The summed E-state index contributed by atoms with van der Waals surface area (Å²) >= 11 is 0. The summed E-state index contributed by atoms with van der Waals surface area (Å²) in [5, 5.41) is 16.7. The van der Waals surface area contributed by atoms with Crippen LogP contribution in [0.1, 0.15) is 31.7 Å². The van der Waals surface area contributed by atoms with Gasteiger partial charge in [-0.05, 0) is 43.4 Å². The number of carbonyl (C=O) groups is 1. The molecule has 0 radical (unpaired) electrons. The number of nitrogens with zero attached hydrogens (tertiary/aromatic N) is 3. The van der Waals surface area contributed by atoms with Gasteiger partial charge in [0.05, 0.1) is 23.7 Å². The van der Waals surface area contributed by atoms with Crippen LogP contribution in [0.5, 0.6) is 0 Å². The van der Waals surface area contributed by atoms with E-state index >= 15 is 0 Å². The number of hydrogen-bond acceptors (Lipinski definition) is 3. The van der Waals surface area contributed by atoms with Crippen LogP contribution in [0.15, 0.2) is 24.4 Å². The molecule has 2 N–H and O–H groups in total. The van der Waals surface area contributed by atoms with Crippen LogP contribution in [0.3, 0.4) is 0 Å². The molecular formula is C17H21N5O. The second-order valence-electron chi connectivity index (χ2n) is 6.98. The Labute approximate surface area is 135 Å². The summed E-state index contributed by atoms with van der Waals surface area (Å²) in [5.41, 5.74) is 1.61. The maximum atomic E-state index is 12.1. The fraction of sp³-hybridized carbons (Fsp3) is 0.471. The fourth-order valence-corrected chi connectivity index (χ4v) is 3.23. The number of guanidine groups is 1. The molecule has 2 heterocycles. The van der Waals surface area contributed by atoms with E-state index in [9.17, 15) is 4.79 Å². The monoisotopic (exact) mass is 311 g/mol. The molecule has 1 aliphatic carbocycles. The van der Waals surface area contributed by atoms with Crippen molar-refractivity contribution in [1.29, 1.82) is 5.41 Å². The number of rotatable bonds is 3. The molecule has 4 rings (SSSR count). The van der Waals surface area contributed by atoms with Gasteiger partial charge in [-0.3, -0.25) is 19.8 Å². The van der Waals surface area contributed by atoms with E-state index in [-0.39, 0.29) is 11.9 Å². The maximum absolute atomic E-state index is 12.1. The number of nitrogens with one attached hydrogen (secondary N) is 2. The van der Waals surface area contributed by atoms with E-state index in [2.05, 4.69) is 27.2 Å². The number of hydrogen-bond donors (Lipinski definition) is 2. The van der Waals surface area contributed by atoms with Crippen LogP contribution in [-0.2, 0) is 16.9 Å². The molecule has 1 aromatic carbocycles. The first-order valence-corrected chi connectivity index (χ1v) is 8.06. The number of carbonyl (C=O) groups excluding carboxylic acids is 1. The van der Waals surface area contributed by atoms with Crippen molar-refractivity contribution < 1.29 is 4.79 Å². The van der Waals surface area contributed by atoms with E-state index in [4.69, 9.17) is 5.41 Å². The van der Waals surface area contributed by atoms with Gasteiger partial charge in [0.25, 0.3) is 0 Å². The van der Waals surface area contributed by atoms with Crippen molar-refractivity contribution in [2.45, 2.75) is 38.3 Å². The van der Waals surface area contributed by atoms with Crippen LogP contribution in [0.2, 0.25) is 0 Å². The molecule has 1 aliphatic heterocycles. The third-order valence-electron chi connectivity index (χ3n) is 5.02. The van der Waals surface area contributed by atoms with Gasteiger partial charge in [0.15, 0.2) is 5.96 Å². The first kappa shape index (κ1) is 14.2. The Kier molecular flexibility index (Phi) is 2.98. The molecule has 6 nitrogen and oxygen atoms in total. The summed E-state index contributed by atoms with van der Waals surface area (Å²) in [7, 11) is 1.63. The average molecular weight is 311 g/mol.